The van der Waals surface area contributed by atoms with Crippen molar-refractivity contribution in [3.05, 3.63) is 28.2 Å². The number of benzene rings is 1. The third-order valence-corrected chi connectivity index (χ3v) is 3.77. The first kappa shape index (κ1) is 18.5. The van der Waals surface area contributed by atoms with Crippen LogP contribution in [0.15, 0.2) is 22.7 Å². The molecule has 1 amide bonds. The molecule has 0 aliphatic rings. The molecule has 0 unspecified atom stereocenters. The van der Waals surface area contributed by atoms with Crippen molar-refractivity contribution in [2.45, 2.75) is 39.0 Å². The smallest absolute Gasteiger partial charge is 0.303 e. The van der Waals surface area contributed by atoms with Crippen LogP contribution in [0.4, 0.5) is 0 Å². The molecule has 0 aliphatic carbocycles. The Morgan fingerprint density at radius 3 is 2.68 bits per heavy atom. The molecule has 2 N–H and O–H groups in total. The van der Waals surface area contributed by atoms with Crippen LogP contribution in [0, 0.1) is 0 Å². The molecule has 0 saturated carbocycles. The molecule has 0 bridgehead atoms. The van der Waals surface area contributed by atoms with E-state index < -0.39 is 5.97 Å². The average Bonchev–Trinajstić information content (AvgIpc) is 2.49. The van der Waals surface area contributed by atoms with Gasteiger partial charge in [0.25, 0.3) is 5.91 Å². The molecule has 1 aromatic carbocycles. The molecule has 22 heavy (non-hydrogen) atoms. The summed E-state index contributed by atoms with van der Waals surface area (Å²) in [6, 6.07) is 5.80. The summed E-state index contributed by atoms with van der Waals surface area (Å²) in [6.45, 7) is 2.59. The number of aliphatic carboxylic acids is 1. The number of halogens is 1. The van der Waals surface area contributed by atoms with Gasteiger partial charge in [-0.2, -0.15) is 0 Å². The Hall–Kier alpha value is -1.56. The second-order valence-corrected chi connectivity index (χ2v) is 5.82. The zero-order chi connectivity index (χ0) is 16.4. The minimum absolute atomic E-state index is 0.0286. The third kappa shape index (κ3) is 7.45. The first-order chi connectivity index (χ1) is 10.5. The Morgan fingerprint density at radius 1 is 1.27 bits per heavy atom. The minimum Gasteiger partial charge on any atom is -0.483 e. The lowest BCUT2D eigenvalue weighted by molar-refractivity contribution is -0.137. The molecule has 0 aliphatic heterocycles. The van der Waals surface area contributed by atoms with Crippen LogP contribution in [0.1, 0.15) is 38.2 Å². The lowest BCUT2D eigenvalue weighted by Crippen LogP contribution is -2.29. The van der Waals surface area contributed by atoms with Crippen LogP contribution < -0.4 is 10.1 Å². The van der Waals surface area contributed by atoms with Crippen molar-refractivity contribution in [3.8, 4) is 5.75 Å². The van der Waals surface area contributed by atoms with Crippen LogP contribution in [0.5, 0.6) is 5.75 Å². The summed E-state index contributed by atoms with van der Waals surface area (Å²) in [6.07, 6.45) is 3.32. The van der Waals surface area contributed by atoms with E-state index in [-0.39, 0.29) is 18.9 Å². The maximum atomic E-state index is 11.6. The van der Waals surface area contributed by atoms with Crippen molar-refractivity contribution in [1.29, 1.82) is 0 Å². The fourth-order valence-corrected chi connectivity index (χ4v) is 2.42. The van der Waals surface area contributed by atoms with E-state index in [4.69, 9.17) is 9.84 Å². The zero-order valence-electron chi connectivity index (χ0n) is 12.7. The van der Waals surface area contributed by atoms with E-state index in [9.17, 15) is 9.59 Å². The van der Waals surface area contributed by atoms with Gasteiger partial charge in [0.2, 0.25) is 0 Å². The number of rotatable bonds is 10. The largest absolute Gasteiger partial charge is 0.483 e. The minimum atomic E-state index is -0.780. The van der Waals surface area contributed by atoms with E-state index in [1.54, 1.807) is 0 Å². The Labute approximate surface area is 139 Å². The van der Waals surface area contributed by atoms with Crippen molar-refractivity contribution >= 4 is 27.8 Å². The van der Waals surface area contributed by atoms with Crippen LogP contribution in [0.2, 0.25) is 0 Å². The zero-order valence-corrected chi connectivity index (χ0v) is 14.3. The predicted octanol–water partition coefficient (Wildman–Crippen LogP) is 3.15. The van der Waals surface area contributed by atoms with Crippen molar-refractivity contribution in [2.75, 3.05) is 13.2 Å². The highest BCUT2D eigenvalue weighted by atomic mass is 79.9. The van der Waals surface area contributed by atoms with Gasteiger partial charge in [0.05, 0.1) is 4.47 Å². The summed E-state index contributed by atoms with van der Waals surface area (Å²) in [5.41, 5.74) is 1.20. The van der Waals surface area contributed by atoms with Crippen molar-refractivity contribution in [2.24, 2.45) is 0 Å². The average molecular weight is 372 g/mol. The lowest BCUT2D eigenvalue weighted by atomic mass is 10.2. The van der Waals surface area contributed by atoms with Crippen molar-refractivity contribution < 1.29 is 19.4 Å². The Kier molecular flexibility index (Phi) is 8.58. The molecule has 0 saturated heterocycles. The molecule has 0 aromatic heterocycles. The van der Waals surface area contributed by atoms with Gasteiger partial charge in [-0.05, 0) is 52.9 Å². The normalized spacial score (nSPS) is 10.3. The molecule has 6 heteroatoms. The number of ether oxygens (including phenoxy) is 1. The highest BCUT2D eigenvalue weighted by Gasteiger charge is 2.06. The summed E-state index contributed by atoms with van der Waals surface area (Å²) in [4.78, 5) is 22.0. The van der Waals surface area contributed by atoms with E-state index in [0.717, 1.165) is 23.7 Å². The van der Waals surface area contributed by atoms with E-state index in [1.807, 2.05) is 18.2 Å². The van der Waals surface area contributed by atoms with Gasteiger partial charge < -0.3 is 15.2 Å². The Morgan fingerprint density at radius 2 is 2.05 bits per heavy atom. The fourth-order valence-electron chi connectivity index (χ4n) is 1.88. The van der Waals surface area contributed by atoms with Crippen LogP contribution in [-0.4, -0.2) is 30.1 Å². The molecule has 0 atom stereocenters. The van der Waals surface area contributed by atoms with Gasteiger partial charge in [-0.3, -0.25) is 9.59 Å². The SMILES string of the molecule is CCc1ccc(OCC(=O)NCCCCCC(=O)O)c(Br)c1. The number of nitrogens with one attached hydrogen (secondary N) is 1. The number of aryl methyl sites for hydroxylation is 1. The standard InChI is InChI=1S/C16H22BrNO4/c1-2-12-7-8-14(13(17)10-12)22-11-15(19)18-9-5-3-4-6-16(20)21/h7-8,10H,2-6,9,11H2,1H3,(H,18,19)(H,20,21). The molecule has 1 aromatic rings. The molecule has 5 nitrogen and oxygen atoms in total. The lowest BCUT2D eigenvalue weighted by Gasteiger charge is -2.09. The first-order valence-corrected chi connectivity index (χ1v) is 8.22. The molecule has 0 spiro atoms. The molecule has 0 heterocycles. The first-order valence-electron chi connectivity index (χ1n) is 7.42. The van der Waals surface area contributed by atoms with Crippen LogP contribution >= 0.6 is 15.9 Å². The highest BCUT2D eigenvalue weighted by molar-refractivity contribution is 9.10. The fraction of sp³-hybridized carbons (Fsp3) is 0.500. The maximum absolute atomic E-state index is 11.6. The van der Waals surface area contributed by atoms with Crippen molar-refractivity contribution in [1.82, 2.24) is 5.32 Å². The quantitative estimate of drug-likeness (QED) is 0.619. The number of carbonyl (C=O) groups excluding carboxylic acids is 1. The Bertz CT molecular complexity index is 505. The van der Waals surface area contributed by atoms with E-state index in [2.05, 4.69) is 28.2 Å². The summed E-state index contributed by atoms with van der Waals surface area (Å²) in [7, 11) is 0. The maximum Gasteiger partial charge on any atom is 0.303 e. The van der Waals surface area contributed by atoms with E-state index >= 15 is 0 Å². The number of hydrogen-bond donors (Lipinski definition) is 2. The van der Waals surface area contributed by atoms with Gasteiger partial charge in [0.15, 0.2) is 6.61 Å². The van der Waals surface area contributed by atoms with Crippen LogP contribution in [0.3, 0.4) is 0 Å². The predicted molar refractivity (Wildman–Crippen MR) is 88.1 cm³/mol. The number of unbranched alkanes of at least 4 members (excludes halogenated alkanes) is 2. The molecular weight excluding hydrogens is 350 g/mol. The van der Waals surface area contributed by atoms with Gasteiger partial charge in [-0.1, -0.05) is 19.4 Å². The highest BCUT2D eigenvalue weighted by Crippen LogP contribution is 2.26. The number of hydrogen-bond acceptors (Lipinski definition) is 3. The third-order valence-electron chi connectivity index (χ3n) is 3.15. The van der Waals surface area contributed by atoms with Crippen molar-refractivity contribution in [3.63, 3.8) is 0 Å². The molecular formula is C16H22BrNO4. The van der Waals surface area contributed by atoms with Gasteiger partial charge in [-0.25, -0.2) is 0 Å². The summed E-state index contributed by atoms with van der Waals surface area (Å²) >= 11 is 3.43. The number of carboxylic acids is 1. The Balaban J connectivity index is 2.19. The molecule has 0 radical (unpaired) electrons. The summed E-state index contributed by atoms with van der Waals surface area (Å²) in [5.74, 6) is -0.310. The van der Waals surface area contributed by atoms with Gasteiger partial charge >= 0.3 is 5.97 Å². The summed E-state index contributed by atoms with van der Waals surface area (Å²) in [5, 5.41) is 11.3. The number of carboxylic acid groups (broad SMARTS) is 1. The second kappa shape index (κ2) is 10.2. The molecule has 122 valence electrons. The number of amides is 1. The van der Waals surface area contributed by atoms with Crippen LogP contribution in [-0.2, 0) is 16.0 Å². The topological polar surface area (TPSA) is 75.6 Å². The molecule has 0 fully saturated rings. The van der Waals surface area contributed by atoms with E-state index in [1.165, 1.54) is 5.56 Å². The molecule has 1 rings (SSSR count). The monoisotopic (exact) mass is 371 g/mol. The van der Waals surface area contributed by atoms with Gasteiger partial charge in [0.1, 0.15) is 5.75 Å². The van der Waals surface area contributed by atoms with E-state index in [0.29, 0.717) is 18.7 Å². The summed E-state index contributed by atoms with van der Waals surface area (Å²) < 4.78 is 6.31. The van der Waals surface area contributed by atoms with Crippen LogP contribution in [0.25, 0.3) is 0 Å². The second-order valence-electron chi connectivity index (χ2n) is 4.96. The van der Waals surface area contributed by atoms with Gasteiger partial charge in [0, 0.05) is 13.0 Å². The number of carbonyl (C=O) groups is 2. The van der Waals surface area contributed by atoms with Gasteiger partial charge in [-0.15, -0.1) is 0 Å².